The highest BCUT2D eigenvalue weighted by molar-refractivity contribution is 7.92. The summed E-state index contributed by atoms with van der Waals surface area (Å²) in [6, 6.07) is 12.8. The summed E-state index contributed by atoms with van der Waals surface area (Å²) in [5, 5.41) is 13.1. The molecule has 10 nitrogen and oxygen atoms in total. The van der Waals surface area contributed by atoms with Crippen molar-refractivity contribution in [3.05, 3.63) is 65.2 Å². The fourth-order valence-corrected chi connectivity index (χ4v) is 6.84. The average molecular weight is 675 g/mol. The Balaban J connectivity index is 0.00000576. The lowest BCUT2D eigenvalue weighted by Crippen LogP contribution is -2.43. The van der Waals surface area contributed by atoms with Gasteiger partial charge in [0, 0.05) is 24.3 Å². The molecule has 0 saturated carbocycles. The van der Waals surface area contributed by atoms with Crippen LogP contribution in [0, 0.1) is 25.2 Å². The number of aryl methyl sites for hydroxylation is 2. The molecule has 0 spiro atoms. The van der Waals surface area contributed by atoms with Gasteiger partial charge < -0.3 is 19.9 Å². The van der Waals surface area contributed by atoms with Gasteiger partial charge in [-0.05, 0) is 94.2 Å². The SMILES string of the molecule is Cc1cccc(C)c1-c1cc(OC[C@@H](CC(C)(C)C)NCC2CCOC(C)(C)C2)nc(NS(=O)(=O)c2cccc(C(=O)O)c2)n1.Cl. The minimum absolute atomic E-state index is 0. The first-order valence-electron chi connectivity index (χ1n) is 15.3. The highest BCUT2D eigenvalue weighted by Gasteiger charge is 2.30. The van der Waals surface area contributed by atoms with E-state index in [1.54, 1.807) is 6.07 Å². The number of ether oxygens (including phenoxy) is 2. The third-order valence-electron chi connectivity index (χ3n) is 7.84. The molecular formula is C34H47ClN4O6S. The van der Waals surface area contributed by atoms with E-state index in [1.807, 2.05) is 32.0 Å². The van der Waals surface area contributed by atoms with Gasteiger partial charge >= 0.3 is 5.97 Å². The van der Waals surface area contributed by atoms with Crippen molar-refractivity contribution >= 4 is 34.3 Å². The number of anilines is 1. The molecule has 0 amide bonds. The summed E-state index contributed by atoms with van der Waals surface area (Å²) in [6.45, 7) is 16.7. The predicted octanol–water partition coefficient (Wildman–Crippen LogP) is 6.66. The summed E-state index contributed by atoms with van der Waals surface area (Å²) >= 11 is 0. The third kappa shape index (κ3) is 10.4. The number of carboxylic acid groups (broad SMARTS) is 1. The molecule has 2 aromatic carbocycles. The van der Waals surface area contributed by atoms with E-state index < -0.39 is 16.0 Å². The number of hydrogen-bond donors (Lipinski definition) is 3. The standard InChI is InChI=1S/C34H46N4O6S.ClH/c1-22-10-8-11-23(2)30(22)28-17-29(37-32(36-28)38-45(41,42)27-13-9-12-25(16-27)31(39)40)43-21-26(19-33(3,4)5)35-20-24-14-15-44-34(6,7)18-24;/h8-13,16-17,24,26,35H,14-15,18-21H2,1-7H3,(H,39,40)(H,36,37,38);1H/t24?,26-;/m1./s1. The second kappa shape index (κ2) is 15.1. The number of sulfonamides is 1. The number of nitrogens with zero attached hydrogens (tertiary/aromatic N) is 2. The molecule has 0 bridgehead atoms. The van der Waals surface area contributed by atoms with Crippen molar-refractivity contribution in [3.63, 3.8) is 0 Å². The first-order chi connectivity index (χ1) is 21.0. The van der Waals surface area contributed by atoms with Crippen molar-refractivity contribution in [2.24, 2.45) is 11.3 Å². The number of carbonyl (C=O) groups is 1. The van der Waals surface area contributed by atoms with Gasteiger partial charge in [-0.2, -0.15) is 4.98 Å². The lowest BCUT2D eigenvalue weighted by Gasteiger charge is -2.36. The van der Waals surface area contributed by atoms with Gasteiger partial charge in [0.2, 0.25) is 11.8 Å². The number of hydrogen-bond acceptors (Lipinski definition) is 8. The third-order valence-corrected chi connectivity index (χ3v) is 9.17. The topological polar surface area (TPSA) is 140 Å². The molecule has 3 N–H and O–H groups in total. The number of carboxylic acids is 1. The average Bonchev–Trinajstić information content (AvgIpc) is 2.93. The molecule has 1 fully saturated rings. The van der Waals surface area contributed by atoms with Gasteiger partial charge in [0.1, 0.15) is 6.61 Å². The van der Waals surface area contributed by atoms with E-state index in [4.69, 9.17) is 9.47 Å². The molecule has 4 rings (SSSR count). The zero-order chi connectivity index (χ0) is 33.0. The van der Waals surface area contributed by atoms with E-state index in [1.165, 1.54) is 18.2 Å². The van der Waals surface area contributed by atoms with E-state index in [0.717, 1.165) is 55.2 Å². The first-order valence-corrected chi connectivity index (χ1v) is 16.8. The van der Waals surface area contributed by atoms with E-state index in [-0.39, 0.29) is 51.8 Å². The fourth-order valence-electron chi connectivity index (χ4n) is 5.85. The molecule has 1 aliphatic heterocycles. The van der Waals surface area contributed by atoms with Crippen LogP contribution in [0.1, 0.15) is 75.4 Å². The van der Waals surface area contributed by atoms with E-state index >= 15 is 0 Å². The van der Waals surface area contributed by atoms with Gasteiger partial charge in [-0.3, -0.25) is 0 Å². The van der Waals surface area contributed by atoms with E-state index in [9.17, 15) is 18.3 Å². The van der Waals surface area contributed by atoms with Crippen LogP contribution in [-0.2, 0) is 14.8 Å². The Kier molecular flexibility index (Phi) is 12.2. The highest BCUT2D eigenvalue weighted by atomic mass is 35.5. The van der Waals surface area contributed by atoms with Crippen LogP contribution < -0.4 is 14.8 Å². The van der Waals surface area contributed by atoms with Gasteiger partial charge in [0.25, 0.3) is 10.0 Å². The van der Waals surface area contributed by atoms with Crippen LogP contribution in [0.25, 0.3) is 11.3 Å². The highest BCUT2D eigenvalue weighted by Crippen LogP contribution is 2.31. The van der Waals surface area contributed by atoms with E-state index in [2.05, 4.69) is 54.6 Å². The van der Waals surface area contributed by atoms with E-state index in [0.29, 0.717) is 18.2 Å². The number of nitrogens with one attached hydrogen (secondary N) is 2. The van der Waals surface area contributed by atoms with Crippen LogP contribution in [0.4, 0.5) is 5.95 Å². The Labute approximate surface area is 279 Å². The minimum atomic E-state index is -4.21. The largest absolute Gasteiger partial charge is 0.478 e. The molecule has 1 saturated heterocycles. The normalized spacial score (nSPS) is 17.1. The Morgan fingerprint density at radius 3 is 2.41 bits per heavy atom. The zero-order valence-electron chi connectivity index (χ0n) is 27.7. The molecule has 252 valence electrons. The molecule has 1 unspecified atom stereocenters. The zero-order valence-corrected chi connectivity index (χ0v) is 29.3. The Morgan fingerprint density at radius 2 is 1.78 bits per heavy atom. The molecule has 46 heavy (non-hydrogen) atoms. The van der Waals surface area contributed by atoms with Crippen molar-refractivity contribution in [1.82, 2.24) is 15.3 Å². The number of halogens is 1. The van der Waals surface area contributed by atoms with Crippen LogP contribution in [0.2, 0.25) is 0 Å². The molecule has 3 aromatic rings. The second-order valence-electron chi connectivity index (χ2n) is 13.8. The maximum Gasteiger partial charge on any atom is 0.335 e. The lowest BCUT2D eigenvalue weighted by molar-refractivity contribution is -0.0723. The lowest BCUT2D eigenvalue weighted by atomic mass is 9.86. The quantitative estimate of drug-likeness (QED) is 0.192. The van der Waals surface area contributed by atoms with Crippen LogP contribution in [0.3, 0.4) is 0 Å². The monoisotopic (exact) mass is 674 g/mol. The summed E-state index contributed by atoms with van der Waals surface area (Å²) < 4.78 is 41.3. The molecule has 12 heteroatoms. The maximum absolute atomic E-state index is 13.3. The smallest absolute Gasteiger partial charge is 0.335 e. The summed E-state index contributed by atoms with van der Waals surface area (Å²) in [5.41, 5.74) is 3.06. The fraction of sp³-hybridized carbons (Fsp3) is 0.500. The molecule has 0 aliphatic carbocycles. The van der Waals surface area contributed by atoms with Gasteiger partial charge in [-0.15, -0.1) is 12.4 Å². The Bertz CT molecular complexity index is 1600. The molecule has 0 radical (unpaired) electrons. The summed E-state index contributed by atoms with van der Waals surface area (Å²) in [6.07, 6.45) is 2.84. The molecule has 2 heterocycles. The summed E-state index contributed by atoms with van der Waals surface area (Å²) in [4.78, 5) is 20.3. The maximum atomic E-state index is 13.3. The van der Waals surface area contributed by atoms with Gasteiger partial charge in [-0.25, -0.2) is 22.9 Å². The van der Waals surface area contributed by atoms with Gasteiger partial charge in [-0.1, -0.05) is 45.0 Å². The van der Waals surface area contributed by atoms with Crippen LogP contribution >= 0.6 is 12.4 Å². The van der Waals surface area contributed by atoms with Crippen molar-refractivity contribution in [1.29, 1.82) is 0 Å². The predicted molar refractivity (Wildman–Crippen MR) is 183 cm³/mol. The van der Waals surface area contributed by atoms with Crippen LogP contribution in [0.15, 0.2) is 53.4 Å². The summed E-state index contributed by atoms with van der Waals surface area (Å²) in [5.74, 6) is -0.676. The molecule has 1 aliphatic rings. The number of rotatable bonds is 12. The van der Waals surface area contributed by atoms with Crippen molar-refractivity contribution in [2.75, 3.05) is 24.5 Å². The molecule has 1 aromatic heterocycles. The minimum Gasteiger partial charge on any atom is -0.478 e. The Hall–Kier alpha value is -3.25. The number of aromatic nitrogens is 2. The number of aromatic carboxylic acids is 1. The molecule has 2 atom stereocenters. The molecular weight excluding hydrogens is 628 g/mol. The Morgan fingerprint density at radius 1 is 1.11 bits per heavy atom. The van der Waals surface area contributed by atoms with Crippen molar-refractivity contribution in [2.45, 2.75) is 84.3 Å². The van der Waals surface area contributed by atoms with Crippen molar-refractivity contribution < 1.29 is 27.8 Å². The van der Waals surface area contributed by atoms with Gasteiger partial charge in [0.15, 0.2) is 0 Å². The van der Waals surface area contributed by atoms with Gasteiger partial charge in [0.05, 0.1) is 21.8 Å². The first kappa shape index (κ1) is 37.2. The summed E-state index contributed by atoms with van der Waals surface area (Å²) in [7, 11) is -4.21. The van der Waals surface area contributed by atoms with Crippen LogP contribution in [0.5, 0.6) is 5.88 Å². The second-order valence-corrected chi connectivity index (χ2v) is 15.5. The van der Waals surface area contributed by atoms with Crippen molar-refractivity contribution in [3.8, 4) is 17.1 Å². The number of benzene rings is 2. The van der Waals surface area contributed by atoms with Crippen LogP contribution in [-0.4, -0.2) is 60.9 Å².